The van der Waals surface area contributed by atoms with Gasteiger partial charge in [-0.15, -0.1) is 0 Å². The second kappa shape index (κ2) is 11.4. The zero-order chi connectivity index (χ0) is 20.5. The van der Waals surface area contributed by atoms with Gasteiger partial charge in [-0.25, -0.2) is 0 Å². The molecule has 2 fully saturated rings. The summed E-state index contributed by atoms with van der Waals surface area (Å²) in [5.41, 5.74) is 1.34. The lowest BCUT2D eigenvalue weighted by molar-refractivity contribution is 0.206. The molecule has 162 valence electrons. The summed E-state index contributed by atoms with van der Waals surface area (Å²) in [4.78, 5) is 9.66. The number of piperidine rings is 1. The molecule has 0 amide bonds. The molecule has 0 bridgehead atoms. The van der Waals surface area contributed by atoms with Crippen molar-refractivity contribution in [2.45, 2.75) is 51.1 Å². The molecule has 1 aromatic carbocycles. The first-order chi connectivity index (χ1) is 14.2. The maximum atomic E-state index is 5.34. The number of nitrogens with one attached hydrogen (secondary N) is 2. The number of likely N-dealkylation sites (tertiary alicyclic amines) is 2. The first-order valence-corrected chi connectivity index (χ1v) is 11.3. The molecule has 0 saturated carbocycles. The van der Waals surface area contributed by atoms with Gasteiger partial charge in [0.2, 0.25) is 0 Å². The minimum atomic E-state index is 0.355. The van der Waals surface area contributed by atoms with Crippen molar-refractivity contribution in [3.8, 4) is 5.75 Å². The SMILES string of the molecule is CCCN1CCC(NC(=NC)NCC(c2ccc(OC)cc2)N2CCCC2)CC1. The summed E-state index contributed by atoms with van der Waals surface area (Å²) in [6.45, 7) is 9.05. The molecule has 2 N–H and O–H groups in total. The Kier molecular flexibility index (Phi) is 8.62. The minimum absolute atomic E-state index is 0.355. The number of ether oxygens (including phenoxy) is 1. The number of hydrogen-bond acceptors (Lipinski definition) is 4. The molecule has 29 heavy (non-hydrogen) atoms. The van der Waals surface area contributed by atoms with Crippen molar-refractivity contribution in [3.05, 3.63) is 29.8 Å². The fraction of sp³-hybridized carbons (Fsp3) is 0.696. The molecule has 2 aliphatic heterocycles. The normalized spacial score (nSPS) is 20.6. The van der Waals surface area contributed by atoms with E-state index in [1.807, 2.05) is 7.05 Å². The van der Waals surface area contributed by atoms with E-state index in [0.29, 0.717) is 12.1 Å². The fourth-order valence-corrected chi connectivity index (χ4v) is 4.54. The molecule has 2 saturated heterocycles. The van der Waals surface area contributed by atoms with E-state index in [-0.39, 0.29) is 0 Å². The summed E-state index contributed by atoms with van der Waals surface area (Å²) in [6.07, 6.45) is 6.19. The van der Waals surface area contributed by atoms with E-state index < -0.39 is 0 Å². The van der Waals surface area contributed by atoms with Crippen LogP contribution in [-0.4, -0.2) is 75.2 Å². The number of benzene rings is 1. The van der Waals surface area contributed by atoms with Crippen molar-refractivity contribution in [3.63, 3.8) is 0 Å². The third-order valence-corrected chi connectivity index (χ3v) is 6.24. The maximum Gasteiger partial charge on any atom is 0.191 e. The van der Waals surface area contributed by atoms with Crippen molar-refractivity contribution in [1.29, 1.82) is 0 Å². The van der Waals surface area contributed by atoms with Crippen LogP contribution in [0.5, 0.6) is 5.75 Å². The van der Waals surface area contributed by atoms with E-state index in [9.17, 15) is 0 Å². The lowest BCUT2D eigenvalue weighted by Crippen LogP contribution is -2.50. The largest absolute Gasteiger partial charge is 0.497 e. The summed E-state index contributed by atoms with van der Waals surface area (Å²) >= 11 is 0. The Morgan fingerprint density at radius 1 is 1.14 bits per heavy atom. The lowest BCUT2D eigenvalue weighted by Gasteiger charge is -2.33. The van der Waals surface area contributed by atoms with E-state index in [1.54, 1.807) is 7.11 Å². The maximum absolute atomic E-state index is 5.34. The van der Waals surface area contributed by atoms with Crippen molar-refractivity contribution in [2.75, 3.05) is 53.4 Å². The van der Waals surface area contributed by atoms with Crippen LogP contribution in [0.25, 0.3) is 0 Å². The molecule has 0 spiro atoms. The van der Waals surface area contributed by atoms with Crippen LogP contribution in [0.15, 0.2) is 29.3 Å². The Labute approximate surface area is 176 Å². The van der Waals surface area contributed by atoms with Crippen molar-refractivity contribution in [2.24, 2.45) is 4.99 Å². The third-order valence-electron chi connectivity index (χ3n) is 6.24. The molecule has 1 aromatic rings. The molecular formula is C23H39N5O. The Hall–Kier alpha value is -1.79. The van der Waals surface area contributed by atoms with Crippen LogP contribution in [0, 0.1) is 0 Å². The zero-order valence-corrected chi connectivity index (χ0v) is 18.5. The summed E-state index contributed by atoms with van der Waals surface area (Å²) in [5.74, 6) is 1.84. The topological polar surface area (TPSA) is 52.1 Å². The quantitative estimate of drug-likeness (QED) is 0.518. The van der Waals surface area contributed by atoms with Gasteiger partial charge in [0.25, 0.3) is 0 Å². The summed E-state index contributed by atoms with van der Waals surface area (Å²) < 4.78 is 5.34. The predicted molar refractivity (Wildman–Crippen MR) is 121 cm³/mol. The van der Waals surface area contributed by atoms with Crippen LogP contribution < -0.4 is 15.4 Å². The Morgan fingerprint density at radius 2 is 1.83 bits per heavy atom. The van der Waals surface area contributed by atoms with Crippen molar-refractivity contribution < 1.29 is 4.74 Å². The molecule has 2 aliphatic rings. The van der Waals surface area contributed by atoms with Crippen LogP contribution in [-0.2, 0) is 0 Å². The molecule has 1 atom stereocenters. The smallest absolute Gasteiger partial charge is 0.191 e. The van der Waals surface area contributed by atoms with Gasteiger partial charge in [-0.2, -0.15) is 0 Å². The van der Waals surface area contributed by atoms with Gasteiger partial charge in [-0.3, -0.25) is 9.89 Å². The zero-order valence-electron chi connectivity index (χ0n) is 18.5. The highest BCUT2D eigenvalue weighted by Crippen LogP contribution is 2.26. The van der Waals surface area contributed by atoms with Crippen LogP contribution >= 0.6 is 0 Å². The van der Waals surface area contributed by atoms with Gasteiger partial charge in [0, 0.05) is 32.7 Å². The number of rotatable bonds is 8. The fourth-order valence-electron chi connectivity index (χ4n) is 4.54. The average Bonchev–Trinajstić information content (AvgIpc) is 3.29. The average molecular weight is 402 g/mol. The second-order valence-electron chi connectivity index (χ2n) is 8.25. The summed E-state index contributed by atoms with van der Waals surface area (Å²) in [6, 6.07) is 9.39. The van der Waals surface area contributed by atoms with E-state index >= 15 is 0 Å². The van der Waals surface area contributed by atoms with E-state index in [0.717, 1.165) is 18.3 Å². The Morgan fingerprint density at radius 3 is 2.41 bits per heavy atom. The van der Waals surface area contributed by atoms with Gasteiger partial charge < -0.3 is 20.3 Å². The molecular weight excluding hydrogens is 362 g/mol. The van der Waals surface area contributed by atoms with Gasteiger partial charge in [0.05, 0.1) is 13.2 Å². The molecule has 1 unspecified atom stereocenters. The Bertz CT molecular complexity index is 619. The van der Waals surface area contributed by atoms with E-state index in [1.165, 1.54) is 70.4 Å². The molecule has 0 aromatic heterocycles. The first kappa shape index (κ1) is 21.9. The van der Waals surface area contributed by atoms with Crippen LogP contribution in [0.4, 0.5) is 0 Å². The molecule has 2 heterocycles. The van der Waals surface area contributed by atoms with Gasteiger partial charge in [-0.1, -0.05) is 19.1 Å². The van der Waals surface area contributed by atoms with Gasteiger partial charge in [0.15, 0.2) is 5.96 Å². The predicted octanol–water partition coefficient (Wildman–Crippen LogP) is 2.87. The molecule has 3 rings (SSSR count). The van der Waals surface area contributed by atoms with E-state index in [2.05, 4.69) is 56.6 Å². The number of methoxy groups -OCH3 is 1. The minimum Gasteiger partial charge on any atom is -0.497 e. The number of hydrogen-bond donors (Lipinski definition) is 2. The van der Waals surface area contributed by atoms with E-state index in [4.69, 9.17) is 4.74 Å². The van der Waals surface area contributed by atoms with Crippen LogP contribution in [0.1, 0.15) is 50.6 Å². The standard InChI is InChI=1S/C23H39N5O/c1-4-13-27-16-11-20(12-17-27)26-23(24-2)25-18-22(28-14-5-6-15-28)19-7-9-21(29-3)10-8-19/h7-10,20,22H,4-6,11-18H2,1-3H3,(H2,24,25,26). The second-order valence-corrected chi connectivity index (χ2v) is 8.25. The first-order valence-electron chi connectivity index (χ1n) is 11.3. The highest BCUT2D eigenvalue weighted by atomic mass is 16.5. The number of nitrogens with zero attached hydrogens (tertiary/aromatic N) is 3. The molecule has 6 heteroatoms. The summed E-state index contributed by atoms with van der Waals surface area (Å²) in [5, 5.41) is 7.27. The monoisotopic (exact) mass is 401 g/mol. The molecule has 0 radical (unpaired) electrons. The van der Waals surface area contributed by atoms with Crippen molar-refractivity contribution in [1.82, 2.24) is 20.4 Å². The lowest BCUT2D eigenvalue weighted by atomic mass is 10.0. The van der Waals surface area contributed by atoms with Gasteiger partial charge in [-0.05, 0) is 69.4 Å². The summed E-state index contributed by atoms with van der Waals surface area (Å²) in [7, 11) is 3.59. The van der Waals surface area contributed by atoms with Crippen LogP contribution in [0.3, 0.4) is 0 Å². The third kappa shape index (κ3) is 6.34. The molecule has 0 aliphatic carbocycles. The molecule has 6 nitrogen and oxygen atoms in total. The highest BCUT2D eigenvalue weighted by Gasteiger charge is 2.24. The Balaban J connectivity index is 1.56. The van der Waals surface area contributed by atoms with Crippen molar-refractivity contribution >= 4 is 5.96 Å². The van der Waals surface area contributed by atoms with Crippen LogP contribution in [0.2, 0.25) is 0 Å². The van der Waals surface area contributed by atoms with Gasteiger partial charge >= 0.3 is 0 Å². The van der Waals surface area contributed by atoms with Gasteiger partial charge in [0.1, 0.15) is 5.75 Å². The highest BCUT2D eigenvalue weighted by molar-refractivity contribution is 5.80. The number of guanidine groups is 1. The number of aliphatic imine (C=N–C) groups is 1.